The lowest BCUT2D eigenvalue weighted by atomic mass is 9.95. The highest BCUT2D eigenvalue weighted by Gasteiger charge is 2.35. The first-order chi connectivity index (χ1) is 19.6. The predicted octanol–water partition coefficient (Wildman–Crippen LogP) is 3.50. The van der Waals surface area contributed by atoms with Crippen molar-refractivity contribution >= 4 is 12.0 Å². The Labute approximate surface area is 241 Å². The molecule has 0 radical (unpaired) electrons. The highest BCUT2D eigenvalue weighted by Crippen LogP contribution is 2.17. The summed E-state index contributed by atoms with van der Waals surface area (Å²) in [4.78, 5) is 26.5. The first-order valence-electron chi connectivity index (χ1n) is 13.6. The van der Waals surface area contributed by atoms with Gasteiger partial charge in [0.05, 0.1) is 31.9 Å². The topological polar surface area (TPSA) is 129 Å². The zero-order valence-corrected chi connectivity index (χ0v) is 24.0. The molecule has 0 saturated heterocycles. The maximum atomic E-state index is 13.7. The number of alkyl carbamates (subject to hydrolysis) is 1. The second-order valence-electron chi connectivity index (χ2n) is 10.8. The largest absolute Gasteiger partial charge is 0.497 e. The van der Waals surface area contributed by atoms with Crippen molar-refractivity contribution in [1.82, 2.24) is 16.0 Å². The predicted molar refractivity (Wildman–Crippen MR) is 157 cm³/mol. The Bertz CT molecular complexity index is 1220. The van der Waals surface area contributed by atoms with E-state index in [1.165, 1.54) is 0 Å². The van der Waals surface area contributed by atoms with E-state index in [0.29, 0.717) is 5.75 Å². The van der Waals surface area contributed by atoms with Crippen LogP contribution < -0.4 is 20.7 Å². The molecule has 0 bridgehead atoms. The van der Waals surface area contributed by atoms with Gasteiger partial charge in [-0.15, -0.1) is 0 Å². The fourth-order valence-electron chi connectivity index (χ4n) is 4.34. The Balaban J connectivity index is 1.89. The average Bonchev–Trinajstić information content (AvgIpc) is 2.96. The van der Waals surface area contributed by atoms with Crippen molar-refractivity contribution in [3.8, 4) is 5.75 Å². The first-order valence-corrected chi connectivity index (χ1v) is 13.6. The SMILES string of the molecule is COc1ccc(CN[C@@H](C(=O)NC(CO)c2ccccc2)[C@@H](O)[C@H](Cc2ccccc2)NC(=O)OC(C)(C)C)cc1. The number of aliphatic hydroxyl groups is 2. The normalized spacial score (nSPS) is 14.3. The number of carbonyl (C=O) groups is 2. The maximum Gasteiger partial charge on any atom is 0.407 e. The fraction of sp³-hybridized carbons (Fsp3) is 0.375. The zero-order chi connectivity index (χ0) is 29.8. The van der Waals surface area contributed by atoms with Crippen LogP contribution in [0.5, 0.6) is 5.75 Å². The molecular formula is C32H41N3O6. The minimum Gasteiger partial charge on any atom is -0.497 e. The quantitative estimate of drug-likeness (QED) is 0.215. The third kappa shape index (κ3) is 10.2. The molecule has 41 heavy (non-hydrogen) atoms. The molecule has 0 fully saturated rings. The molecule has 2 amide bonds. The summed E-state index contributed by atoms with van der Waals surface area (Å²) in [7, 11) is 1.58. The molecule has 0 saturated carbocycles. The number of ether oxygens (including phenoxy) is 2. The molecule has 9 nitrogen and oxygen atoms in total. The lowest BCUT2D eigenvalue weighted by molar-refractivity contribution is -0.127. The van der Waals surface area contributed by atoms with Crippen LogP contribution >= 0.6 is 0 Å². The van der Waals surface area contributed by atoms with E-state index in [4.69, 9.17) is 9.47 Å². The van der Waals surface area contributed by atoms with Crippen molar-refractivity contribution < 1.29 is 29.3 Å². The fourth-order valence-corrected chi connectivity index (χ4v) is 4.34. The number of nitrogens with one attached hydrogen (secondary N) is 3. The van der Waals surface area contributed by atoms with Gasteiger partial charge in [0.15, 0.2) is 0 Å². The molecule has 0 aliphatic carbocycles. The van der Waals surface area contributed by atoms with Crippen LogP contribution in [0.2, 0.25) is 0 Å². The van der Waals surface area contributed by atoms with Gasteiger partial charge in [-0.25, -0.2) is 4.79 Å². The molecule has 0 heterocycles. The molecule has 1 unspecified atom stereocenters. The summed E-state index contributed by atoms with van der Waals surface area (Å²) >= 11 is 0. The van der Waals surface area contributed by atoms with Gasteiger partial charge in [0, 0.05) is 6.54 Å². The van der Waals surface area contributed by atoms with Crippen molar-refractivity contribution in [3.05, 3.63) is 102 Å². The second-order valence-corrected chi connectivity index (χ2v) is 10.8. The van der Waals surface area contributed by atoms with E-state index >= 15 is 0 Å². The molecule has 9 heteroatoms. The van der Waals surface area contributed by atoms with Crippen LogP contribution in [0, 0.1) is 0 Å². The van der Waals surface area contributed by atoms with Crippen LogP contribution in [-0.4, -0.2) is 59.7 Å². The van der Waals surface area contributed by atoms with Gasteiger partial charge in [-0.05, 0) is 56.0 Å². The first kappa shape index (κ1) is 31.6. The van der Waals surface area contributed by atoms with E-state index in [2.05, 4.69) is 16.0 Å². The number of hydrogen-bond acceptors (Lipinski definition) is 7. The number of aliphatic hydroxyl groups excluding tert-OH is 2. The molecular weight excluding hydrogens is 522 g/mol. The molecule has 0 spiro atoms. The second kappa shape index (κ2) is 15.2. The van der Waals surface area contributed by atoms with E-state index in [1.807, 2.05) is 72.8 Å². The van der Waals surface area contributed by atoms with Gasteiger partial charge in [0.1, 0.15) is 17.4 Å². The summed E-state index contributed by atoms with van der Waals surface area (Å²) in [6.45, 7) is 5.17. The molecule has 0 aliphatic rings. The minimum absolute atomic E-state index is 0.247. The maximum absolute atomic E-state index is 13.7. The van der Waals surface area contributed by atoms with Crippen LogP contribution in [0.4, 0.5) is 4.79 Å². The van der Waals surface area contributed by atoms with Gasteiger partial charge < -0.3 is 30.3 Å². The van der Waals surface area contributed by atoms with Gasteiger partial charge in [0.25, 0.3) is 0 Å². The molecule has 5 N–H and O–H groups in total. The Kier molecular flexibility index (Phi) is 11.7. The molecule has 0 aromatic heterocycles. The van der Waals surface area contributed by atoms with E-state index in [-0.39, 0.29) is 19.6 Å². The number of methoxy groups -OCH3 is 1. The summed E-state index contributed by atoms with van der Waals surface area (Å²) in [6.07, 6.45) is -1.82. The molecule has 3 rings (SSSR count). The van der Waals surface area contributed by atoms with Crippen molar-refractivity contribution in [2.75, 3.05) is 13.7 Å². The smallest absolute Gasteiger partial charge is 0.407 e. The van der Waals surface area contributed by atoms with E-state index in [0.717, 1.165) is 16.7 Å². The van der Waals surface area contributed by atoms with Crippen molar-refractivity contribution in [2.24, 2.45) is 0 Å². The number of hydrogen-bond donors (Lipinski definition) is 5. The molecule has 220 valence electrons. The summed E-state index contributed by atoms with van der Waals surface area (Å²) in [6, 6.07) is 23.1. The van der Waals surface area contributed by atoms with Crippen LogP contribution in [-0.2, 0) is 22.5 Å². The third-order valence-electron chi connectivity index (χ3n) is 6.42. The van der Waals surface area contributed by atoms with Gasteiger partial charge in [-0.1, -0.05) is 72.8 Å². The average molecular weight is 564 g/mol. The molecule has 0 aliphatic heterocycles. The highest BCUT2D eigenvalue weighted by atomic mass is 16.6. The van der Waals surface area contributed by atoms with Crippen LogP contribution in [0.1, 0.15) is 43.5 Å². The van der Waals surface area contributed by atoms with Gasteiger partial charge >= 0.3 is 6.09 Å². The summed E-state index contributed by atoms with van der Waals surface area (Å²) in [5.74, 6) is 0.166. The van der Waals surface area contributed by atoms with Crippen LogP contribution in [0.15, 0.2) is 84.9 Å². The molecule has 3 aromatic carbocycles. The van der Waals surface area contributed by atoms with Crippen LogP contribution in [0.25, 0.3) is 0 Å². The Morgan fingerprint density at radius 3 is 2.02 bits per heavy atom. The number of benzene rings is 3. The summed E-state index contributed by atoms with van der Waals surface area (Å²) in [5, 5.41) is 30.5. The number of rotatable bonds is 13. The lowest BCUT2D eigenvalue weighted by Gasteiger charge is -2.32. The molecule has 4 atom stereocenters. The number of amides is 2. The summed E-state index contributed by atoms with van der Waals surface area (Å²) in [5.41, 5.74) is 1.69. The Hall–Kier alpha value is -3.92. The monoisotopic (exact) mass is 563 g/mol. The van der Waals surface area contributed by atoms with Gasteiger partial charge in [-0.2, -0.15) is 0 Å². The highest BCUT2D eigenvalue weighted by molar-refractivity contribution is 5.83. The standard InChI is InChI=1S/C32H41N3O6/c1-32(2,3)41-31(39)35-26(19-22-11-7-5-8-12-22)29(37)28(33-20-23-15-17-25(40-4)18-16-23)30(38)34-27(21-36)24-13-9-6-10-14-24/h5-18,26-29,33,36-37H,19-21H2,1-4H3,(H,34,38)(H,35,39)/t26-,27?,28+,29-/m0/s1. The number of carbonyl (C=O) groups excluding carboxylic acids is 2. The van der Waals surface area contributed by atoms with Crippen molar-refractivity contribution in [1.29, 1.82) is 0 Å². The van der Waals surface area contributed by atoms with Crippen molar-refractivity contribution in [3.63, 3.8) is 0 Å². The summed E-state index contributed by atoms with van der Waals surface area (Å²) < 4.78 is 10.7. The van der Waals surface area contributed by atoms with Crippen LogP contribution in [0.3, 0.4) is 0 Å². The Morgan fingerprint density at radius 1 is 0.854 bits per heavy atom. The van der Waals surface area contributed by atoms with Crippen molar-refractivity contribution in [2.45, 2.75) is 63.6 Å². The van der Waals surface area contributed by atoms with E-state index < -0.39 is 41.8 Å². The van der Waals surface area contributed by atoms with Gasteiger partial charge in [0.2, 0.25) is 5.91 Å². The minimum atomic E-state index is -1.36. The third-order valence-corrected chi connectivity index (χ3v) is 6.42. The van der Waals surface area contributed by atoms with E-state index in [9.17, 15) is 19.8 Å². The van der Waals surface area contributed by atoms with Gasteiger partial charge in [-0.3, -0.25) is 10.1 Å². The Morgan fingerprint density at radius 2 is 1.46 bits per heavy atom. The zero-order valence-electron chi connectivity index (χ0n) is 24.0. The van der Waals surface area contributed by atoms with E-state index in [1.54, 1.807) is 40.0 Å². The lowest BCUT2D eigenvalue weighted by Crippen LogP contribution is -2.59. The molecule has 3 aromatic rings.